The Kier molecular flexibility index (Phi) is 7.02. The summed E-state index contributed by atoms with van der Waals surface area (Å²) in [6.07, 6.45) is 1.07. The number of ether oxygens (including phenoxy) is 2. The maximum absolute atomic E-state index is 13.0. The van der Waals surface area contributed by atoms with E-state index in [0.29, 0.717) is 27.9 Å². The zero-order chi connectivity index (χ0) is 21.9. The van der Waals surface area contributed by atoms with E-state index < -0.39 is 22.0 Å². The largest absolute Gasteiger partial charge is 0.495 e. The second-order valence-electron chi connectivity index (χ2n) is 6.70. The van der Waals surface area contributed by atoms with Gasteiger partial charge in [0, 0.05) is 12.1 Å². The van der Waals surface area contributed by atoms with Crippen molar-refractivity contribution in [3.05, 3.63) is 46.5 Å². The number of nitrogens with zero attached hydrogens (tertiary/aromatic N) is 1. The van der Waals surface area contributed by atoms with E-state index in [4.69, 9.17) is 21.1 Å². The fourth-order valence-electron chi connectivity index (χ4n) is 2.93. The molecular formula is C20H25ClN2O5S. The summed E-state index contributed by atoms with van der Waals surface area (Å²) in [6.45, 7) is 5.18. The van der Waals surface area contributed by atoms with Gasteiger partial charge in [0.15, 0.2) is 0 Å². The molecule has 0 radical (unpaired) electrons. The van der Waals surface area contributed by atoms with Crippen molar-refractivity contribution in [3.63, 3.8) is 0 Å². The minimum atomic E-state index is -3.73. The van der Waals surface area contributed by atoms with Crippen molar-refractivity contribution in [1.82, 2.24) is 0 Å². The molecule has 2 aromatic rings. The van der Waals surface area contributed by atoms with E-state index in [1.165, 1.54) is 33.3 Å². The van der Waals surface area contributed by atoms with E-state index in [9.17, 15) is 13.2 Å². The second-order valence-corrected chi connectivity index (χ2v) is 8.97. The van der Waals surface area contributed by atoms with Gasteiger partial charge >= 0.3 is 0 Å². The molecule has 1 N–H and O–H groups in total. The molecule has 158 valence electrons. The molecule has 0 heterocycles. The van der Waals surface area contributed by atoms with Crippen molar-refractivity contribution in [3.8, 4) is 11.5 Å². The minimum absolute atomic E-state index is 0.319. The number of anilines is 2. The number of carbonyl (C=O) groups excluding carboxylic acids is 1. The first kappa shape index (κ1) is 22.8. The number of sulfonamides is 1. The molecule has 0 saturated carbocycles. The van der Waals surface area contributed by atoms with E-state index in [1.807, 2.05) is 19.1 Å². The second kappa shape index (κ2) is 8.92. The van der Waals surface area contributed by atoms with Gasteiger partial charge in [0.05, 0.1) is 36.9 Å². The highest BCUT2D eigenvalue weighted by Crippen LogP contribution is 2.36. The lowest BCUT2D eigenvalue weighted by Gasteiger charge is -2.30. The van der Waals surface area contributed by atoms with Gasteiger partial charge in [0.1, 0.15) is 17.5 Å². The van der Waals surface area contributed by atoms with Gasteiger partial charge in [-0.05, 0) is 38.0 Å². The Morgan fingerprint density at radius 2 is 1.72 bits per heavy atom. The fraction of sp³-hybridized carbons (Fsp3) is 0.350. The average molecular weight is 441 g/mol. The zero-order valence-corrected chi connectivity index (χ0v) is 18.8. The molecule has 7 nitrogen and oxygen atoms in total. The fourth-order valence-corrected chi connectivity index (χ4v) is 4.39. The van der Waals surface area contributed by atoms with Crippen molar-refractivity contribution in [2.24, 2.45) is 0 Å². The van der Waals surface area contributed by atoms with E-state index in [2.05, 4.69) is 5.32 Å². The number of hydrogen-bond acceptors (Lipinski definition) is 5. The van der Waals surface area contributed by atoms with E-state index in [-0.39, 0.29) is 0 Å². The van der Waals surface area contributed by atoms with Crippen molar-refractivity contribution >= 4 is 38.9 Å². The van der Waals surface area contributed by atoms with Gasteiger partial charge in [0.25, 0.3) is 0 Å². The van der Waals surface area contributed by atoms with E-state index >= 15 is 0 Å². The molecule has 1 atom stereocenters. The molecule has 0 spiro atoms. The Balaban J connectivity index is 2.44. The van der Waals surface area contributed by atoms with Crippen LogP contribution >= 0.6 is 11.6 Å². The van der Waals surface area contributed by atoms with Gasteiger partial charge in [-0.1, -0.05) is 23.7 Å². The lowest BCUT2D eigenvalue weighted by Crippen LogP contribution is -2.45. The van der Waals surface area contributed by atoms with Crippen molar-refractivity contribution < 1.29 is 22.7 Å². The molecule has 2 aromatic carbocycles. The molecule has 1 amide bonds. The molecule has 0 aliphatic heterocycles. The van der Waals surface area contributed by atoms with Crippen LogP contribution < -0.4 is 19.1 Å². The van der Waals surface area contributed by atoms with E-state index in [0.717, 1.165) is 21.7 Å². The number of hydrogen-bond donors (Lipinski definition) is 1. The molecule has 0 aromatic heterocycles. The molecule has 0 saturated heterocycles. The Morgan fingerprint density at radius 1 is 1.10 bits per heavy atom. The smallest absolute Gasteiger partial charge is 0.248 e. The van der Waals surface area contributed by atoms with Crippen LogP contribution in [0.1, 0.15) is 18.1 Å². The standard InChI is InChI=1S/C20H25ClN2O5S/c1-12-7-8-13(2)17(9-12)23(29(6,25)26)14(3)20(24)22-16-11-18(27-4)15(21)10-19(16)28-5/h7-11,14H,1-6H3,(H,22,24)/t14-/m1/s1. The minimum Gasteiger partial charge on any atom is -0.495 e. The van der Waals surface area contributed by atoms with Crippen LogP contribution in [0, 0.1) is 13.8 Å². The summed E-state index contributed by atoms with van der Waals surface area (Å²) in [5.41, 5.74) is 2.40. The summed E-state index contributed by atoms with van der Waals surface area (Å²) in [5, 5.41) is 3.03. The molecular weight excluding hydrogens is 416 g/mol. The summed E-state index contributed by atoms with van der Waals surface area (Å²) in [6, 6.07) is 7.47. The number of halogens is 1. The number of carbonyl (C=O) groups is 1. The van der Waals surface area contributed by atoms with Crippen LogP contribution in [0.4, 0.5) is 11.4 Å². The number of benzene rings is 2. The van der Waals surface area contributed by atoms with Gasteiger partial charge in [-0.3, -0.25) is 9.10 Å². The molecule has 9 heteroatoms. The lowest BCUT2D eigenvalue weighted by atomic mass is 10.1. The van der Waals surface area contributed by atoms with Gasteiger partial charge in [-0.25, -0.2) is 8.42 Å². The van der Waals surface area contributed by atoms with Crippen LogP contribution in [-0.4, -0.2) is 40.8 Å². The van der Waals surface area contributed by atoms with Gasteiger partial charge < -0.3 is 14.8 Å². The molecule has 29 heavy (non-hydrogen) atoms. The first-order valence-electron chi connectivity index (χ1n) is 8.78. The molecule has 0 fully saturated rings. The number of aryl methyl sites for hydroxylation is 2. The van der Waals surface area contributed by atoms with Gasteiger partial charge in [-0.15, -0.1) is 0 Å². The quantitative estimate of drug-likeness (QED) is 0.708. The van der Waals surface area contributed by atoms with E-state index in [1.54, 1.807) is 13.0 Å². The first-order valence-corrected chi connectivity index (χ1v) is 11.0. The summed E-state index contributed by atoms with van der Waals surface area (Å²) in [5.74, 6) is 0.151. The normalized spacial score (nSPS) is 12.2. The highest BCUT2D eigenvalue weighted by molar-refractivity contribution is 7.92. The van der Waals surface area contributed by atoms with Gasteiger partial charge in [-0.2, -0.15) is 0 Å². The predicted octanol–water partition coefficient (Wildman–Crippen LogP) is 3.77. The van der Waals surface area contributed by atoms with Crippen molar-refractivity contribution in [2.45, 2.75) is 26.8 Å². The Morgan fingerprint density at radius 3 is 2.28 bits per heavy atom. The number of nitrogens with one attached hydrogen (secondary N) is 1. The third-order valence-corrected chi connectivity index (χ3v) is 5.95. The monoisotopic (exact) mass is 440 g/mol. The topological polar surface area (TPSA) is 84.9 Å². The first-order chi connectivity index (χ1) is 13.5. The van der Waals surface area contributed by atoms with Crippen molar-refractivity contribution in [2.75, 3.05) is 30.1 Å². The number of rotatable bonds is 7. The predicted molar refractivity (Wildman–Crippen MR) is 116 cm³/mol. The van der Waals surface area contributed by atoms with Crippen LogP contribution in [0.25, 0.3) is 0 Å². The summed E-state index contributed by atoms with van der Waals surface area (Å²) >= 11 is 6.10. The maximum Gasteiger partial charge on any atom is 0.248 e. The lowest BCUT2D eigenvalue weighted by molar-refractivity contribution is -0.116. The summed E-state index contributed by atoms with van der Waals surface area (Å²) < 4.78 is 36.7. The summed E-state index contributed by atoms with van der Waals surface area (Å²) in [7, 11) is -0.841. The van der Waals surface area contributed by atoms with Crippen LogP contribution in [0.5, 0.6) is 11.5 Å². The molecule has 0 aliphatic carbocycles. The Bertz CT molecular complexity index is 1020. The third kappa shape index (κ3) is 5.13. The van der Waals surface area contributed by atoms with Crippen LogP contribution in [0.3, 0.4) is 0 Å². The number of methoxy groups -OCH3 is 2. The Labute approximate surface area is 176 Å². The highest BCUT2D eigenvalue weighted by Gasteiger charge is 2.31. The molecule has 0 unspecified atom stereocenters. The number of amides is 1. The van der Waals surface area contributed by atoms with Crippen LogP contribution in [-0.2, 0) is 14.8 Å². The Hall–Kier alpha value is -2.45. The summed E-state index contributed by atoms with van der Waals surface area (Å²) in [4.78, 5) is 13.0. The van der Waals surface area contributed by atoms with Crippen LogP contribution in [0.15, 0.2) is 30.3 Å². The SMILES string of the molecule is COc1cc(NC(=O)[C@@H](C)N(c2cc(C)ccc2C)S(C)(=O)=O)c(OC)cc1Cl. The molecule has 2 rings (SSSR count). The third-order valence-electron chi connectivity index (χ3n) is 4.42. The van der Waals surface area contributed by atoms with Gasteiger partial charge in [0.2, 0.25) is 15.9 Å². The van der Waals surface area contributed by atoms with Crippen molar-refractivity contribution in [1.29, 1.82) is 0 Å². The average Bonchev–Trinajstić information content (AvgIpc) is 2.64. The molecule has 0 bridgehead atoms. The molecule has 0 aliphatic rings. The highest BCUT2D eigenvalue weighted by atomic mass is 35.5. The van der Waals surface area contributed by atoms with Crippen LogP contribution in [0.2, 0.25) is 5.02 Å². The zero-order valence-electron chi connectivity index (χ0n) is 17.2. The maximum atomic E-state index is 13.0.